The lowest BCUT2D eigenvalue weighted by Crippen LogP contribution is -2.54. The molecular weight excluding hydrogens is 664 g/mol. The van der Waals surface area contributed by atoms with E-state index < -0.39 is 47.9 Å². The number of nitrogens with one attached hydrogen (secondary N) is 2. The number of ether oxygens (including phenoxy) is 2. The molecule has 0 aliphatic carbocycles. The first-order valence-electron chi connectivity index (χ1n) is 18.4. The normalized spacial score (nSPS) is 20.7. The summed E-state index contributed by atoms with van der Waals surface area (Å²) < 4.78 is 11.6. The van der Waals surface area contributed by atoms with Crippen LogP contribution in [-0.4, -0.2) is 83.6 Å². The van der Waals surface area contributed by atoms with Crippen molar-refractivity contribution in [3.05, 3.63) is 59.7 Å². The lowest BCUT2D eigenvalue weighted by Gasteiger charge is -2.32. The Hall–Kier alpha value is -4.74. The van der Waals surface area contributed by atoms with E-state index in [0.29, 0.717) is 36.8 Å². The van der Waals surface area contributed by atoms with Crippen molar-refractivity contribution < 1.29 is 38.2 Å². The third kappa shape index (κ3) is 12.2. The van der Waals surface area contributed by atoms with Crippen LogP contribution in [0.5, 0.6) is 11.5 Å². The Morgan fingerprint density at radius 3 is 1.25 bits per heavy atom. The molecule has 52 heavy (non-hydrogen) atoms. The molecule has 0 radical (unpaired) electrons. The minimum atomic E-state index is -0.974. The van der Waals surface area contributed by atoms with Crippen LogP contribution in [0.25, 0.3) is 0 Å². The molecule has 0 fully saturated rings. The molecule has 4 amide bonds. The molecule has 4 aliphatic heterocycles. The van der Waals surface area contributed by atoms with Crippen molar-refractivity contribution in [3.8, 4) is 11.5 Å². The van der Waals surface area contributed by atoms with Crippen LogP contribution in [0, 0.1) is 11.8 Å². The number of likely N-dealkylation sites (N-methyl/N-ethyl adjacent to an activating group) is 2. The van der Waals surface area contributed by atoms with Gasteiger partial charge in [-0.05, 0) is 72.9 Å². The summed E-state index contributed by atoms with van der Waals surface area (Å²) in [7, 11) is 3.07. The van der Waals surface area contributed by atoms with E-state index in [2.05, 4.69) is 10.6 Å². The van der Waals surface area contributed by atoms with Crippen molar-refractivity contribution in [3.63, 3.8) is 0 Å². The van der Waals surface area contributed by atoms with Crippen molar-refractivity contribution in [1.82, 2.24) is 20.4 Å². The Morgan fingerprint density at radius 2 is 0.962 bits per heavy atom. The number of esters is 2. The average molecular weight is 721 g/mol. The van der Waals surface area contributed by atoms with Gasteiger partial charge in [-0.1, -0.05) is 65.8 Å². The van der Waals surface area contributed by atoms with E-state index in [1.165, 1.54) is 23.9 Å². The summed E-state index contributed by atoms with van der Waals surface area (Å²) in [5, 5.41) is 5.70. The van der Waals surface area contributed by atoms with Gasteiger partial charge in [0.2, 0.25) is 23.6 Å². The number of benzene rings is 2. The fourth-order valence-electron chi connectivity index (χ4n) is 6.13. The summed E-state index contributed by atoms with van der Waals surface area (Å²) in [6, 6.07) is 9.38. The molecule has 4 unspecified atom stereocenters. The number of carbonyl (C=O) groups excluding carboxylic acids is 6. The van der Waals surface area contributed by atoms with Crippen molar-refractivity contribution in [2.75, 3.05) is 14.1 Å². The largest absolute Gasteiger partial charge is 0.425 e. The molecule has 2 N–H and O–H groups in total. The van der Waals surface area contributed by atoms with Crippen LogP contribution in [0.1, 0.15) is 91.2 Å². The summed E-state index contributed by atoms with van der Waals surface area (Å²) in [6.07, 6.45) is 2.54. The standard InChI is InChI=1S/C40H56N4O8/c1-9-11-35(45)41-31-23-27-13-17-29(18-14-27)52-40(50)34(22-26(5)6)44(8)38(48)32(42-36(46)12-10-2)24-28-15-19-30(20-16-28)51-39(49)33(21-25(3)4)43(7)37(31)47/h13-20,25-26,31-34H,9-12,21-24H2,1-8H3,(H,41,45)(H,42,46). The predicted octanol–water partition coefficient (Wildman–Crippen LogP) is 4.61. The van der Waals surface area contributed by atoms with Crippen molar-refractivity contribution in [1.29, 1.82) is 0 Å². The quantitative estimate of drug-likeness (QED) is 0.267. The van der Waals surface area contributed by atoms with Crippen LogP contribution in [0.4, 0.5) is 0 Å². The van der Waals surface area contributed by atoms with Gasteiger partial charge in [0.05, 0.1) is 0 Å². The van der Waals surface area contributed by atoms with Crippen molar-refractivity contribution >= 4 is 35.6 Å². The molecule has 0 aromatic heterocycles. The zero-order valence-electron chi connectivity index (χ0n) is 31.9. The highest BCUT2D eigenvalue weighted by atomic mass is 16.5. The molecule has 2 aromatic rings. The van der Waals surface area contributed by atoms with Gasteiger partial charge in [0.1, 0.15) is 35.7 Å². The Morgan fingerprint density at radius 1 is 0.635 bits per heavy atom. The van der Waals surface area contributed by atoms with Gasteiger partial charge in [-0.25, -0.2) is 9.59 Å². The minimum absolute atomic E-state index is 0.0350. The van der Waals surface area contributed by atoms with E-state index in [9.17, 15) is 28.8 Å². The number of hydrogen-bond donors (Lipinski definition) is 2. The molecule has 0 saturated carbocycles. The third-order valence-electron chi connectivity index (χ3n) is 8.95. The maximum atomic E-state index is 14.0. The van der Waals surface area contributed by atoms with Crippen LogP contribution in [-0.2, 0) is 41.6 Å². The van der Waals surface area contributed by atoms with Gasteiger partial charge in [0, 0.05) is 39.8 Å². The topological polar surface area (TPSA) is 151 Å². The molecule has 6 rings (SSSR count). The molecule has 12 heteroatoms. The fourth-order valence-corrected chi connectivity index (χ4v) is 6.13. The van der Waals surface area contributed by atoms with E-state index in [-0.39, 0.29) is 60.8 Å². The van der Waals surface area contributed by atoms with E-state index in [4.69, 9.17) is 9.47 Å². The fraction of sp³-hybridized carbons (Fsp3) is 0.550. The predicted molar refractivity (Wildman–Crippen MR) is 197 cm³/mol. The first-order valence-corrected chi connectivity index (χ1v) is 18.4. The van der Waals surface area contributed by atoms with E-state index in [1.807, 2.05) is 41.5 Å². The van der Waals surface area contributed by atoms with Crippen LogP contribution in [0.3, 0.4) is 0 Å². The summed E-state index contributed by atoms with van der Waals surface area (Å²) in [5.74, 6) is -2.15. The van der Waals surface area contributed by atoms with E-state index in [0.717, 1.165) is 0 Å². The zero-order valence-corrected chi connectivity index (χ0v) is 31.9. The summed E-state index contributed by atoms with van der Waals surface area (Å²) in [4.78, 5) is 83.7. The van der Waals surface area contributed by atoms with Crippen LogP contribution < -0.4 is 20.1 Å². The van der Waals surface area contributed by atoms with Gasteiger partial charge in [-0.3, -0.25) is 19.2 Å². The van der Waals surface area contributed by atoms with Gasteiger partial charge in [-0.2, -0.15) is 0 Å². The Bertz CT molecular complexity index is 1420. The second kappa shape index (κ2) is 19.8. The Balaban J connectivity index is 2.10. The molecule has 4 aliphatic rings. The minimum Gasteiger partial charge on any atom is -0.425 e. The number of nitrogens with zero attached hydrogens (tertiary/aromatic N) is 2. The second-order valence-corrected chi connectivity index (χ2v) is 14.5. The highest BCUT2D eigenvalue weighted by Crippen LogP contribution is 2.22. The van der Waals surface area contributed by atoms with Gasteiger partial charge in [0.25, 0.3) is 0 Å². The Labute approximate surface area is 308 Å². The lowest BCUT2D eigenvalue weighted by molar-refractivity contribution is -0.149. The summed E-state index contributed by atoms with van der Waals surface area (Å²) >= 11 is 0. The smallest absolute Gasteiger partial charge is 0.334 e. The molecule has 4 atom stereocenters. The van der Waals surface area contributed by atoms with Crippen LogP contribution in [0.15, 0.2) is 48.5 Å². The maximum Gasteiger partial charge on any atom is 0.334 e. The molecule has 284 valence electrons. The first-order chi connectivity index (χ1) is 24.6. The number of rotatable bonds is 10. The van der Waals surface area contributed by atoms with Crippen LogP contribution in [0.2, 0.25) is 0 Å². The third-order valence-corrected chi connectivity index (χ3v) is 8.95. The second-order valence-electron chi connectivity index (χ2n) is 14.5. The van der Waals surface area contributed by atoms with Crippen molar-refractivity contribution in [2.45, 2.75) is 117 Å². The van der Waals surface area contributed by atoms with Gasteiger partial charge in [-0.15, -0.1) is 0 Å². The SMILES string of the molecule is CCCC(=O)NC1Cc2ccc(cc2)OC(=O)C(CC(C)C)N(C)C(=O)C(NC(=O)CCC)Cc2ccc(cc2)OC(=O)C(CC(C)C)N(C)C1=O. The van der Waals surface area contributed by atoms with E-state index in [1.54, 1.807) is 48.5 Å². The average Bonchev–Trinajstić information content (AvgIpc) is 3.09. The number of amides is 4. The highest BCUT2D eigenvalue weighted by Gasteiger charge is 2.36. The van der Waals surface area contributed by atoms with Crippen LogP contribution >= 0.6 is 0 Å². The summed E-state index contributed by atoms with van der Waals surface area (Å²) in [6.45, 7) is 11.5. The van der Waals surface area contributed by atoms with Crippen molar-refractivity contribution in [2.24, 2.45) is 11.8 Å². The molecule has 0 spiro atoms. The molecule has 2 aromatic carbocycles. The van der Waals surface area contributed by atoms with Gasteiger partial charge >= 0.3 is 11.9 Å². The number of hydrogen-bond acceptors (Lipinski definition) is 8. The monoisotopic (exact) mass is 720 g/mol. The van der Waals surface area contributed by atoms with Gasteiger partial charge < -0.3 is 29.9 Å². The maximum absolute atomic E-state index is 14.0. The molecule has 0 saturated heterocycles. The molecule has 12 nitrogen and oxygen atoms in total. The lowest BCUT2D eigenvalue weighted by atomic mass is 9.99. The first kappa shape index (κ1) is 41.7. The van der Waals surface area contributed by atoms with Gasteiger partial charge in [0.15, 0.2) is 0 Å². The zero-order chi connectivity index (χ0) is 38.5. The molecular formula is C40H56N4O8. The Kier molecular flexibility index (Phi) is 15.8. The molecule has 4 bridgehead atoms. The van der Waals surface area contributed by atoms with E-state index >= 15 is 0 Å². The number of carbonyl (C=O) groups is 6. The molecule has 4 heterocycles. The highest BCUT2D eigenvalue weighted by molar-refractivity contribution is 5.92. The summed E-state index contributed by atoms with van der Waals surface area (Å²) in [5.41, 5.74) is 1.37.